The molecule has 5 rings (SSSR count). The summed E-state index contributed by atoms with van der Waals surface area (Å²) in [6.45, 7) is 1.74. The average molecular weight is 391 g/mol. The number of hydrogen-bond donors (Lipinski definition) is 1. The zero-order chi connectivity index (χ0) is 19.8. The van der Waals surface area contributed by atoms with Gasteiger partial charge in [0.25, 0.3) is 5.91 Å². The van der Waals surface area contributed by atoms with Crippen molar-refractivity contribution in [2.75, 3.05) is 18.4 Å². The van der Waals surface area contributed by atoms with Crippen LogP contribution in [0.4, 0.5) is 10.1 Å². The van der Waals surface area contributed by atoms with Crippen molar-refractivity contribution in [1.29, 1.82) is 0 Å². The summed E-state index contributed by atoms with van der Waals surface area (Å²) < 4.78 is 13.4. The summed E-state index contributed by atoms with van der Waals surface area (Å²) in [5.74, 6) is 0.631. The number of hydrogen-bond acceptors (Lipinski definition) is 2. The van der Waals surface area contributed by atoms with Gasteiger partial charge in [0.2, 0.25) is 0 Å². The van der Waals surface area contributed by atoms with E-state index in [4.69, 9.17) is 0 Å². The zero-order valence-corrected chi connectivity index (χ0v) is 16.6. The fraction of sp³-hybridized carbons (Fsp3) is 0.400. The van der Waals surface area contributed by atoms with E-state index in [0.29, 0.717) is 5.92 Å². The Morgan fingerprint density at radius 1 is 1.00 bits per heavy atom. The molecule has 1 N–H and O–H groups in total. The number of allylic oxidation sites excluding steroid dienone is 2. The molecule has 150 valence electrons. The van der Waals surface area contributed by atoms with E-state index in [2.05, 4.69) is 29.6 Å². The molecule has 2 heterocycles. The standard InChI is InChI=1S/C25H27FN2O/c26-19-11-8-17(9-12-19)24-21-7-5-6-20(21)22-16-18(10-13-23(22)27-24)25(29)28-14-3-1-2-4-15-28/h5-6,8-13,16,20-21,24,27H,1-4,7,14-15H2. The smallest absolute Gasteiger partial charge is 0.253 e. The first-order valence-corrected chi connectivity index (χ1v) is 10.8. The number of halogens is 1. The summed E-state index contributed by atoms with van der Waals surface area (Å²) in [5.41, 5.74) is 4.20. The van der Waals surface area contributed by atoms with Gasteiger partial charge in [0, 0.05) is 30.3 Å². The summed E-state index contributed by atoms with van der Waals surface area (Å²) in [7, 11) is 0. The van der Waals surface area contributed by atoms with Crippen molar-refractivity contribution in [3.63, 3.8) is 0 Å². The van der Waals surface area contributed by atoms with E-state index in [0.717, 1.165) is 49.2 Å². The van der Waals surface area contributed by atoms with Gasteiger partial charge in [0.15, 0.2) is 0 Å². The van der Waals surface area contributed by atoms with Crippen LogP contribution >= 0.6 is 0 Å². The lowest BCUT2D eigenvalue weighted by Crippen LogP contribution is -2.33. The van der Waals surface area contributed by atoms with Crippen LogP contribution in [0.5, 0.6) is 0 Å². The number of likely N-dealkylation sites (tertiary alicyclic amines) is 1. The van der Waals surface area contributed by atoms with E-state index in [1.54, 1.807) is 0 Å². The van der Waals surface area contributed by atoms with Crippen LogP contribution < -0.4 is 5.32 Å². The van der Waals surface area contributed by atoms with Gasteiger partial charge in [0.05, 0.1) is 6.04 Å². The SMILES string of the molecule is O=C(c1ccc2c(c1)C1C=CCC1C(c1ccc(F)cc1)N2)N1CCCCCC1. The maximum atomic E-state index is 13.4. The Balaban J connectivity index is 1.45. The number of benzene rings is 2. The molecule has 0 spiro atoms. The highest BCUT2D eigenvalue weighted by Gasteiger charge is 2.38. The summed E-state index contributed by atoms with van der Waals surface area (Å²) in [4.78, 5) is 15.1. The van der Waals surface area contributed by atoms with Crippen LogP contribution in [0.1, 0.15) is 65.5 Å². The normalized spacial score (nSPS) is 25.7. The summed E-state index contributed by atoms with van der Waals surface area (Å²) in [6.07, 6.45) is 10.2. The molecule has 29 heavy (non-hydrogen) atoms. The Morgan fingerprint density at radius 2 is 1.76 bits per heavy atom. The Bertz CT molecular complexity index is 928. The van der Waals surface area contributed by atoms with Gasteiger partial charge in [-0.05, 0) is 66.6 Å². The molecule has 0 saturated carbocycles. The molecular formula is C25H27FN2O. The third-order valence-electron chi connectivity index (χ3n) is 6.73. The minimum absolute atomic E-state index is 0.148. The number of nitrogens with zero attached hydrogens (tertiary/aromatic N) is 1. The van der Waals surface area contributed by atoms with Gasteiger partial charge in [0.1, 0.15) is 5.82 Å². The molecule has 2 aromatic carbocycles. The van der Waals surface area contributed by atoms with Crippen molar-refractivity contribution >= 4 is 11.6 Å². The molecule has 1 amide bonds. The van der Waals surface area contributed by atoms with Gasteiger partial charge in [-0.15, -0.1) is 0 Å². The van der Waals surface area contributed by atoms with Crippen molar-refractivity contribution in [3.8, 4) is 0 Å². The van der Waals surface area contributed by atoms with Gasteiger partial charge < -0.3 is 10.2 Å². The molecule has 3 atom stereocenters. The molecule has 1 saturated heterocycles. The highest BCUT2D eigenvalue weighted by molar-refractivity contribution is 5.95. The Hall–Kier alpha value is -2.62. The van der Waals surface area contributed by atoms with Crippen molar-refractivity contribution in [2.24, 2.45) is 5.92 Å². The molecule has 2 aliphatic heterocycles. The number of amides is 1. The van der Waals surface area contributed by atoms with E-state index in [9.17, 15) is 9.18 Å². The molecule has 0 bridgehead atoms. The zero-order valence-electron chi connectivity index (χ0n) is 16.6. The third-order valence-corrected chi connectivity index (χ3v) is 6.73. The van der Waals surface area contributed by atoms with E-state index in [1.165, 1.54) is 30.5 Å². The first kappa shape index (κ1) is 18.4. The van der Waals surface area contributed by atoms with Crippen LogP contribution in [0.2, 0.25) is 0 Å². The lowest BCUT2D eigenvalue weighted by molar-refractivity contribution is 0.0761. The van der Waals surface area contributed by atoms with Crippen LogP contribution in [0.3, 0.4) is 0 Å². The lowest BCUT2D eigenvalue weighted by atomic mass is 9.76. The highest BCUT2D eigenvalue weighted by Crippen LogP contribution is 2.50. The summed E-state index contributed by atoms with van der Waals surface area (Å²) in [6, 6.07) is 13.1. The van der Waals surface area contributed by atoms with Crippen LogP contribution in [-0.4, -0.2) is 23.9 Å². The van der Waals surface area contributed by atoms with Crippen LogP contribution in [0.25, 0.3) is 0 Å². The van der Waals surface area contributed by atoms with Gasteiger partial charge in [-0.3, -0.25) is 4.79 Å². The van der Waals surface area contributed by atoms with Gasteiger partial charge >= 0.3 is 0 Å². The van der Waals surface area contributed by atoms with Crippen LogP contribution in [0.15, 0.2) is 54.6 Å². The maximum absolute atomic E-state index is 13.4. The Labute approximate surface area is 171 Å². The molecule has 3 unspecified atom stereocenters. The summed E-state index contributed by atoms with van der Waals surface area (Å²) >= 11 is 0. The van der Waals surface area contributed by atoms with E-state index in [1.807, 2.05) is 23.1 Å². The van der Waals surface area contributed by atoms with E-state index in [-0.39, 0.29) is 23.7 Å². The van der Waals surface area contributed by atoms with Gasteiger partial charge in [-0.1, -0.05) is 37.1 Å². The number of nitrogens with one attached hydrogen (secondary N) is 1. The quantitative estimate of drug-likeness (QED) is 0.670. The predicted octanol–water partition coefficient (Wildman–Crippen LogP) is 5.67. The molecular weight excluding hydrogens is 363 g/mol. The number of fused-ring (bicyclic) bond motifs is 3. The largest absolute Gasteiger partial charge is 0.378 e. The molecule has 0 aromatic heterocycles. The Morgan fingerprint density at radius 3 is 2.52 bits per heavy atom. The number of anilines is 1. The molecule has 0 radical (unpaired) electrons. The van der Waals surface area contributed by atoms with Crippen LogP contribution in [0, 0.1) is 11.7 Å². The van der Waals surface area contributed by atoms with Crippen molar-refractivity contribution in [1.82, 2.24) is 4.90 Å². The highest BCUT2D eigenvalue weighted by atomic mass is 19.1. The van der Waals surface area contributed by atoms with Crippen molar-refractivity contribution in [2.45, 2.75) is 44.1 Å². The minimum Gasteiger partial charge on any atom is -0.378 e. The molecule has 2 aromatic rings. The lowest BCUT2D eigenvalue weighted by Gasteiger charge is -2.38. The number of rotatable bonds is 2. The molecule has 1 aliphatic carbocycles. The van der Waals surface area contributed by atoms with Crippen LogP contribution in [-0.2, 0) is 0 Å². The second-order valence-electron chi connectivity index (χ2n) is 8.54. The number of carbonyl (C=O) groups is 1. The van der Waals surface area contributed by atoms with Gasteiger partial charge in [-0.2, -0.15) is 0 Å². The Kier molecular flexibility index (Phi) is 4.86. The molecule has 3 nitrogen and oxygen atoms in total. The fourth-order valence-electron chi connectivity index (χ4n) is 5.18. The predicted molar refractivity (Wildman–Crippen MR) is 114 cm³/mol. The second-order valence-corrected chi connectivity index (χ2v) is 8.54. The number of carbonyl (C=O) groups excluding carboxylic acids is 1. The first-order valence-electron chi connectivity index (χ1n) is 10.8. The average Bonchev–Trinajstić information content (AvgIpc) is 3.09. The minimum atomic E-state index is -0.206. The topological polar surface area (TPSA) is 32.3 Å². The van der Waals surface area contributed by atoms with Crippen molar-refractivity contribution < 1.29 is 9.18 Å². The fourth-order valence-corrected chi connectivity index (χ4v) is 5.18. The van der Waals surface area contributed by atoms with Gasteiger partial charge in [-0.25, -0.2) is 4.39 Å². The third kappa shape index (κ3) is 3.45. The van der Waals surface area contributed by atoms with Crippen molar-refractivity contribution in [3.05, 3.63) is 77.1 Å². The molecule has 4 heteroatoms. The first-order chi connectivity index (χ1) is 14.2. The summed E-state index contributed by atoms with van der Waals surface area (Å²) in [5, 5.41) is 3.67. The van der Waals surface area contributed by atoms with E-state index >= 15 is 0 Å². The second kappa shape index (κ2) is 7.66. The molecule has 1 fully saturated rings. The maximum Gasteiger partial charge on any atom is 0.253 e. The monoisotopic (exact) mass is 390 g/mol. The molecule has 3 aliphatic rings. The van der Waals surface area contributed by atoms with E-state index < -0.39 is 0 Å².